The van der Waals surface area contributed by atoms with Gasteiger partial charge in [-0.1, -0.05) is 18.2 Å². The Kier molecular flexibility index (Phi) is 3.87. The molecular weight excluding hydrogens is 244 g/mol. The standard InChI is InChI=1S/C9H8N2O.CH4O3S/c10-9(12)11-6-5-7-3-1-2-4-8(7)11;1-5(2,3)4/h1-6H,(H2,10,12);1H3,(H,2,3,4). The monoisotopic (exact) mass is 256 g/mol. The molecule has 3 N–H and O–H groups in total. The molecule has 0 spiro atoms. The van der Waals surface area contributed by atoms with E-state index in [1.165, 1.54) is 4.57 Å². The molecule has 0 unspecified atom stereocenters. The van der Waals surface area contributed by atoms with Gasteiger partial charge in [0.1, 0.15) is 0 Å². The number of carbonyl (C=O) groups excluding carboxylic acids is 1. The predicted molar refractivity (Wildman–Crippen MR) is 64.4 cm³/mol. The molecule has 1 aromatic carbocycles. The first-order chi connectivity index (χ1) is 7.79. The van der Waals surface area contributed by atoms with Gasteiger partial charge in [0, 0.05) is 11.6 Å². The summed E-state index contributed by atoms with van der Waals surface area (Å²) >= 11 is 0. The number of primary amides is 1. The molecule has 0 radical (unpaired) electrons. The number of fused-ring (bicyclic) bond motifs is 1. The highest BCUT2D eigenvalue weighted by Gasteiger charge is 2.02. The van der Waals surface area contributed by atoms with Crippen molar-refractivity contribution >= 4 is 27.1 Å². The molecule has 92 valence electrons. The van der Waals surface area contributed by atoms with Crippen molar-refractivity contribution in [2.24, 2.45) is 5.73 Å². The first-order valence-corrected chi connectivity index (χ1v) is 6.42. The van der Waals surface area contributed by atoms with Gasteiger partial charge >= 0.3 is 6.03 Å². The van der Waals surface area contributed by atoms with E-state index >= 15 is 0 Å². The van der Waals surface area contributed by atoms with Crippen LogP contribution in [0.25, 0.3) is 10.9 Å². The average molecular weight is 256 g/mol. The van der Waals surface area contributed by atoms with Crippen LogP contribution in [-0.4, -0.2) is 29.8 Å². The van der Waals surface area contributed by atoms with Crippen LogP contribution in [0.15, 0.2) is 36.5 Å². The van der Waals surface area contributed by atoms with Crippen molar-refractivity contribution < 1.29 is 17.8 Å². The Morgan fingerprint density at radius 3 is 2.35 bits per heavy atom. The molecular formula is C10H12N2O4S. The lowest BCUT2D eigenvalue weighted by atomic mass is 10.2. The van der Waals surface area contributed by atoms with Gasteiger partial charge in [0.15, 0.2) is 0 Å². The minimum Gasteiger partial charge on any atom is -0.351 e. The zero-order valence-corrected chi connectivity index (χ0v) is 9.89. The second-order valence-corrected chi connectivity index (χ2v) is 4.78. The molecule has 0 aliphatic carbocycles. The molecule has 0 aliphatic heterocycles. The van der Waals surface area contributed by atoms with E-state index in [1.807, 2.05) is 30.3 Å². The Hall–Kier alpha value is -1.86. The summed E-state index contributed by atoms with van der Waals surface area (Å²) in [5.41, 5.74) is 6.00. The van der Waals surface area contributed by atoms with Gasteiger partial charge in [-0.3, -0.25) is 9.12 Å². The maximum Gasteiger partial charge on any atom is 0.323 e. The molecule has 0 fully saturated rings. The Morgan fingerprint density at radius 1 is 1.29 bits per heavy atom. The molecule has 0 saturated carbocycles. The van der Waals surface area contributed by atoms with Crippen LogP contribution in [0.1, 0.15) is 0 Å². The van der Waals surface area contributed by atoms with Gasteiger partial charge in [0.25, 0.3) is 10.1 Å². The van der Waals surface area contributed by atoms with Crippen molar-refractivity contribution in [1.82, 2.24) is 4.57 Å². The molecule has 17 heavy (non-hydrogen) atoms. The number of hydrogen-bond donors (Lipinski definition) is 2. The minimum atomic E-state index is -3.67. The number of para-hydroxylation sites is 1. The number of hydrogen-bond acceptors (Lipinski definition) is 3. The van der Waals surface area contributed by atoms with Gasteiger partial charge in [-0.15, -0.1) is 0 Å². The first-order valence-electron chi connectivity index (χ1n) is 4.57. The largest absolute Gasteiger partial charge is 0.351 e. The fourth-order valence-corrected chi connectivity index (χ4v) is 1.28. The molecule has 2 rings (SSSR count). The summed E-state index contributed by atoms with van der Waals surface area (Å²) in [6.45, 7) is 0. The van der Waals surface area contributed by atoms with Crippen LogP contribution in [0.4, 0.5) is 4.79 Å². The summed E-state index contributed by atoms with van der Waals surface area (Å²) in [5.74, 6) is 0. The molecule has 1 amide bonds. The van der Waals surface area contributed by atoms with Crippen LogP contribution < -0.4 is 5.73 Å². The summed E-state index contributed by atoms with van der Waals surface area (Å²) in [6, 6.07) is 9.01. The Bertz CT molecular complexity index is 623. The number of nitrogens with two attached hydrogens (primary N) is 1. The molecule has 0 saturated heterocycles. The lowest BCUT2D eigenvalue weighted by Gasteiger charge is -1.96. The van der Waals surface area contributed by atoms with Gasteiger partial charge in [-0.2, -0.15) is 8.42 Å². The highest BCUT2D eigenvalue weighted by atomic mass is 32.2. The van der Waals surface area contributed by atoms with Crippen molar-refractivity contribution in [2.45, 2.75) is 0 Å². The van der Waals surface area contributed by atoms with Gasteiger partial charge in [-0.05, 0) is 12.1 Å². The third-order valence-electron chi connectivity index (χ3n) is 1.84. The second-order valence-electron chi connectivity index (χ2n) is 3.32. The van der Waals surface area contributed by atoms with E-state index in [1.54, 1.807) is 6.20 Å². The maximum absolute atomic E-state index is 10.9. The van der Waals surface area contributed by atoms with Crippen LogP contribution >= 0.6 is 0 Å². The lowest BCUT2D eigenvalue weighted by molar-refractivity contribution is 0.251. The van der Waals surface area contributed by atoms with Crippen molar-refractivity contribution in [3.05, 3.63) is 36.5 Å². The van der Waals surface area contributed by atoms with Crippen molar-refractivity contribution in [1.29, 1.82) is 0 Å². The Balaban J connectivity index is 0.000000249. The Labute approximate surface area is 98.4 Å². The lowest BCUT2D eigenvalue weighted by Crippen LogP contribution is -2.17. The van der Waals surface area contributed by atoms with Crippen LogP contribution in [0.5, 0.6) is 0 Å². The number of aromatic nitrogens is 1. The molecule has 0 atom stereocenters. The summed E-state index contributed by atoms with van der Waals surface area (Å²) in [6.07, 6.45) is 2.39. The van der Waals surface area contributed by atoms with Crippen LogP contribution in [0, 0.1) is 0 Å². The highest BCUT2D eigenvalue weighted by molar-refractivity contribution is 7.85. The van der Waals surface area contributed by atoms with Crippen molar-refractivity contribution in [2.75, 3.05) is 6.26 Å². The van der Waals surface area contributed by atoms with Gasteiger partial charge in [0.2, 0.25) is 0 Å². The predicted octanol–water partition coefficient (Wildman–Crippen LogP) is 1.07. The van der Waals surface area contributed by atoms with E-state index in [0.29, 0.717) is 6.26 Å². The first kappa shape index (κ1) is 13.2. The highest BCUT2D eigenvalue weighted by Crippen LogP contribution is 2.13. The van der Waals surface area contributed by atoms with E-state index in [0.717, 1.165) is 10.9 Å². The number of amides is 1. The maximum atomic E-state index is 10.9. The number of nitrogens with zero attached hydrogens (tertiary/aromatic N) is 1. The molecule has 2 aromatic rings. The van der Waals surface area contributed by atoms with E-state index in [2.05, 4.69) is 0 Å². The average Bonchev–Trinajstić information content (AvgIpc) is 2.58. The smallest absolute Gasteiger partial charge is 0.323 e. The van der Waals surface area contributed by atoms with E-state index in [4.69, 9.17) is 10.3 Å². The van der Waals surface area contributed by atoms with Crippen LogP contribution in [0.2, 0.25) is 0 Å². The zero-order chi connectivity index (χ0) is 13.1. The number of benzene rings is 1. The fourth-order valence-electron chi connectivity index (χ4n) is 1.28. The van der Waals surface area contributed by atoms with Gasteiger partial charge in [0.05, 0.1) is 11.8 Å². The quantitative estimate of drug-likeness (QED) is 0.688. The van der Waals surface area contributed by atoms with E-state index < -0.39 is 16.1 Å². The summed E-state index contributed by atoms with van der Waals surface area (Å²) in [7, 11) is -3.67. The molecule has 7 heteroatoms. The summed E-state index contributed by atoms with van der Waals surface area (Å²) in [5, 5.41) is 1.02. The van der Waals surface area contributed by atoms with Crippen LogP contribution in [-0.2, 0) is 10.1 Å². The zero-order valence-electron chi connectivity index (χ0n) is 9.07. The second kappa shape index (κ2) is 4.98. The number of carbonyl (C=O) groups is 1. The van der Waals surface area contributed by atoms with Gasteiger partial charge in [-0.25, -0.2) is 4.79 Å². The van der Waals surface area contributed by atoms with Gasteiger partial charge < -0.3 is 5.73 Å². The summed E-state index contributed by atoms with van der Waals surface area (Å²) in [4.78, 5) is 10.9. The summed E-state index contributed by atoms with van der Waals surface area (Å²) < 4.78 is 27.3. The third kappa shape index (κ3) is 4.25. The molecule has 0 bridgehead atoms. The van der Waals surface area contributed by atoms with Crippen molar-refractivity contribution in [3.8, 4) is 0 Å². The van der Waals surface area contributed by atoms with E-state index in [9.17, 15) is 13.2 Å². The third-order valence-corrected chi connectivity index (χ3v) is 1.84. The normalized spacial score (nSPS) is 10.7. The molecule has 1 aromatic heterocycles. The molecule has 1 heterocycles. The van der Waals surface area contributed by atoms with E-state index in [-0.39, 0.29) is 0 Å². The Morgan fingerprint density at radius 2 is 1.82 bits per heavy atom. The van der Waals surface area contributed by atoms with Crippen LogP contribution in [0.3, 0.4) is 0 Å². The van der Waals surface area contributed by atoms with Crippen molar-refractivity contribution in [3.63, 3.8) is 0 Å². The topological polar surface area (TPSA) is 102 Å². The number of rotatable bonds is 0. The molecule has 6 nitrogen and oxygen atoms in total. The minimum absolute atomic E-state index is 0.448. The molecule has 0 aliphatic rings. The fraction of sp³-hybridized carbons (Fsp3) is 0.100. The SMILES string of the molecule is CS(=O)(=O)O.NC(=O)n1ccc2ccccc21.